The van der Waals surface area contributed by atoms with Crippen LogP contribution in [-0.2, 0) is 44.2 Å². The molecular formula is C37H60N5O10P. The van der Waals surface area contributed by atoms with Crippen LogP contribution >= 0.6 is 7.60 Å². The van der Waals surface area contributed by atoms with Gasteiger partial charge in [0.2, 0.25) is 5.91 Å². The Labute approximate surface area is 314 Å². The minimum atomic E-state index is -3.84. The number of likely N-dealkylation sites (tertiary alicyclic amines) is 1. The smallest absolute Gasteiger partial charge is 0.407 e. The first-order valence-corrected chi connectivity index (χ1v) is 20.8. The molecule has 3 aliphatic rings. The lowest BCUT2D eigenvalue weighted by Gasteiger charge is -2.54. The number of hydrogen-bond donors (Lipinski definition) is 2. The number of hydroxylamine groups is 2. The molecule has 4 rings (SSSR count). The molecule has 16 heteroatoms. The molecule has 298 valence electrons. The number of benzene rings is 1. The van der Waals surface area contributed by atoms with Gasteiger partial charge in [-0.3, -0.25) is 23.8 Å². The van der Waals surface area contributed by atoms with Crippen LogP contribution in [-0.4, -0.2) is 132 Å². The molecule has 15 nitrogen and oxygen atoms in total. The summed E-state index contributed by atoms with van der Waals surface area (Å²) in [5, 5.41) is 13.1. The van der Waals surface area contributed by atoms with Crippen LogP contribution in [0.25, 0.3) is 0 Å². The Kier molecular flexibility index (Phi) is 16.1. The topological polar surface area (TPSA) is 167 Å². The maximum absolute atomic E-state index is 14.4. The molecule has 2 N–H and O–H groups in total. The van der Waals surface area contributed by atoms with E-state index in [2.05, 4.69) is 10.2 Å². The van der Waals surface area contributed by atoms with Crippen molar-refractivity contribution < 1.29 is 47.5 Å². The minimum absolute atomic E-state index is 0.0431. The highest BCUT2D eigenvalue weighted by Gasteiger charge is 2.55. The number of rotatable bonds is 19. The second-order valence-corrected chi connectivity index (χ2v) is 17.1. The summed E-state index contributed by atoms with van der Waals surface area (Å²) in [7, 11) is -3.84. The van der Waals surface area contributed by atoms with Crippen LogP contribution in [0, 0.1) is 5.41 Å². The third-order valence-corrected chi connectivity index (χ3v) is 11.6. The Balaban J connectivity index is 1.52. The fourth-order valence-electron chi connectivity index (χ4n) is 7.17. The van der Waals surface area contributed by atoms with Gasteiger partial charge in [-0.2, -0.15) is 5.06 Å². The zero-order chi connectivity index (χ0) is 38.6. The molecule has 3 saturated heterocycles. The summed E-state index contributed by atoms with van der Waals surface area (Å²) in [4.78, 5) is 67.0. The van der Waals surface area contributed by atoms with Crippen LogP contribution in [0.15, 0.2) is 30.3 Å². The molecule has 0 aromatic heterocycles. The Bertz CT molecular complexity index is 1400. The molecule has 0 bridgehead atoms. The summed E-state index contributed by atoms with van der Waals surface area (Å²) in [6.45, 7) is 12.4. The Hall–Kier alpha value is -3.07. The predicted octanol–water partition coefficient (Wildman–Crippen LogP) is 4.14. The summed E-state index contributed by atoms with van der Waals surface area (Å²) in [6, 6.07) is 8.37. The molecule has 0 spiro atoms. The summed E-state index contributed by atoms with van der Waals surface area (Å²) in [5.41, 5.74) is 0.527. The first-order chi connectivity index (χ1) is 25.3. The zero-order valence-corrected chi connectivity index (χ0v) is 33.0. The predicted molar refractivity (Wildman–Crippen MR) is 197 cm³/mol. The highest BCUT2D eigenvalue weighted by Crippen LogP contribution is 2.48. The minimum Gasteiger partial charge on any atom is -0.445 e. The number of alkyl carbamates (subject to hydrolysis) is 1. The zero-order valence-electron chi connectivity index (χ0n) is 32.1. The van der Waals surface area contributed by atoms with Gasteiger partial charge in [-0.05, 0) is 76.3 Å². The van der Waals surface area contributed by atoms with Gasteiger partial charge in [0.05, 0.1) is 19.8 Å². The first-order valence-electron chi connectivity index (χ1n) is 19.1. The average Bonchev–Trinajstić information content (AvgIpc) is 3.57. The van der Waals surface area contributed by atoms with E-state index >= 15 is 0 Å². The second-order valence-electron chi connectivity index (χ2n) is 15.1. The quantitative estimate of drug-likeness (QED) is 0.154. The van der Waals surface area contributed by atoms with Gasteiger partial charge in [0.25, 0.3) is 11.8 Å². The highest BCUT2D eigenvalue weighted by atomic mass is 31.2. The molecule has 3 heterocycles. The van der Waals surface area contributed by atoms with E-state index in [-0.39, 0.29) is 62.7 Å². The van der Waals surface area contributed by atoms with Gasteiger partial charge in [-0.25, -0.2) is 4.79 Å². The number of nitrogens with one attached hydrogen (secondary N) is 1. The molecule has 0 unspecified atom stereocenters. The van der Waals surface area contributed by atoms with E-state index in [0.717, 1.165) is 36.6 Å². The number of ether oxygens (including phenoxy) is 1. The number of amides is 4. The third kappa shape index (κ3) is 12.2. The molecule has 0 aliphatic carbocycles. The molecule has 0 saturated carbocycles. The van der Waals surface area contributed by atoms with Crippen molar-refractivity contribution in [2.24, 2.45) is 5.41 Å². The molecule has 53 heavy (non-hydrogen) atoms. The average molecular weight is 766 g/mol. The molecule has 4 amide bonds. The van der Waals surface area contributed by atoms with E-state index in [9.17, 15) is 28.8 Å². The molecule has 1 aromatic rings. The van der Waals surface area contributed by atoms with Crippen molar-refractivity contribution in [2.75, 3.05) is 58.7 Å². The summed E-state index contributed by atoms with van der Waals surface area (Å²) in [5.74, 6) is -1.20. The summed E-state index contributed by atoms with van der Waals surface area (Å²) >= 11 is 0. The van der Waals surface area contributed by atoms with Gasteiger partial charge < -0.3 is 38.9 Å². The van der Waals surface area contributed by atoms with Gasteiger partial charge in [-0.1, -0.05) is 51.1 Å². The maximum Gasteiger partial charge on any atom is 0.407 e. The van der Waals surface area contributed by atoms with Gasteiger partial charge in [0.1, 0.15) is 18.8 Å². The number of unbranched alkanes of at least 4 members (excludes halogenated alkanes) is 2. The van der Waals surface area contributed by atoms with E-state index < -0.39 is 44.1 Å². The number of fused-ring (bicyclic) bond motifs is 1. The van der Waals surface area contributed by atoms with Crippen LogP contribution < -0.4 is 5.32 Å². The summed E-state index contributed by atoms with van der Waals surface area (Å²) < 4.78 is 29.7. The summed E-state index contributed by atoms with van der Waals surface area (Å²) in [6.07, 6.45) is 0.656. The van der Waals surface area contributed by atoms with Gasteiger partial charge >= 0.3 is 13.7 Å². The number of aliphatic hydroxyl groups is 1. The first kappa shape index (κ1) is 42.7. The lowest BCUT2D eigenvalue weighted by Crippen LogP contribution is -2.74. The monoisotopic (exact) mass is 765 g/mol. The van der Waals surface area contributed by atoms with Crippen molar-refractivity contribution in [2.45, 2.75) is 111 Å². The Morgan fingerprint density at radius 2 is 1.72 bits per heavy atom. The standard InChI is InChI=1S/C37H60N5O10P/c1-6-50-53(48,51-7-2)27-33(44)42-32-25-40(29-18-21-39(24-29)20-13-14-22-43)34(45)30(23-37(3,4)5)41(32)35(46)31(52-42)17-11-12-19-38-36(47)49-26-28-15-9-8-10-16-28/h8-10,15-16,29-32,43H,6-7,11-14,17-27H2,1-5H3,(H,38,47)/t29-,30+,31-,32+/m1/s1. The molecule has 0 radical (unpaired) electrons. The SMILES string of the molecule is CCOP(=O)(CC(=O)N1O[C@H](CCCCNC(=O)OCc2ccccc2)C(=O)N2[C@@H]1CN([C@@H]1CCN(CCCCO)C1)C(=O)[C@@H]2CC(C)(C)C)OCC. The maximum atomic E-state index is 14.4. The van der Waals surface area contributed by atoms with Crippen LogP contribution in [0.4, 0.5) is 4.79 Å². The van der Waals surface area contributed by atoms with E-state index in [4.69, 9.17) is 18.6 Å². The van der Waals surface area contributed by atoms with Crippen molar-refractivity contribution in [1.82, 2.24) is 25.1 Å². The fourth-order valence-corrected chi connectivity index (χ4v) is 8.68. The number of hydrogen-bond acceptors (Lipinski definition) is 11. The van der Waals surface area contributed by atoms with Crippen molar-refractivity contribution in [3.8, 4) is 0 Å². The lowest BCUT2D eigenvalue weighted by molar-refractivity contribution is -0.276. The van der Waals surface area contributed by atoms with Crippen LogP contribution in [0.2, 0.25) is 0 Å². The van der Waals surface area contributed by atoms with Gasteiger partial charge in [-0.15, -0.1) is 0 Å². The molecule has 3 fully saturated rings. The van der Waals surface area contributed by atoms with Crippen molar-refractivity contribution in [3.05, 3.63) is 35.9 Å². The largest absolute Gasteiger partial charge is 0.445 e. The van der Waals surface area contributed by atoms with E-state index in [0.29, 0.717) is 38.8 Å². The third-order valence-electron chi connectivity index (χ3n) is 9.60. The number of carbonyl (C=O) groups excluding carboxylic acids is 4. The molecular weight excluding hydrogens is 705 g/mol. The Morgan fingerprint density at radius 3 is 2.38 bits per heavy atom. The second kappa shape index (κ2) is 20.0. The van der Waals surface area contributed by atoms with E-state index in [1.807, 2.05) is 51.1 Å². The lowest BCUT2D eigenvalue weighted by atomic mass is 9.85. The number of piperazine rings is 1. The van der Waals surface area contributed by atoms with Crippen molar-refractivity contribution >= 4 is 31.4 Å². The van der Waals surface area contributed by atoms with Crippen LogP contribution in [0.1, 0.15) is 85.1 Å². The van der Waals surface area contributed by atoms with E-state index in [1.165, 1.54) is 4.90 Å². The molecule has 3 aliphatic heterocycles. The van der Waals surface area contributed by atoms with Crippen molar-refractivity contribution in [1.29, 1.82) is 0 Å². The number of aliphatic hydroxyl groups excluding tert-OH is 1. The fraction of sp³-hybridized carbons (Fsp3) is 0.730. The van der Waals surface area contributed by atoms with E-state index in [1.54, 1.807) is 18.7 Å². The van der Waals surface area contributed by atoms with Crippen LogP contribution in [0.3, 0.4) is 0 Å². The molecule has 4 atom stereocenters. The molecule has 1 aromatic carbocycles. The van der Waals surface area contributed by atoms with Gasteiger partial charge in [0.15, 0.2) is 12.3 Å². The van der Waals surface area contributed by atoms with Crippen LogP contribution in [0.5, 0.6) is 0 Å². The highest BCUT2D eigenvalue weighted by molar-refractivity contribution is 7.54. The van der Waals surface area contributed by atoms with Crippen molar-refractivity contribution in [3.63, 3.8) is 0 Å². The number of carbonyl (C=O) groups is 4. The normalized spacial score (nSPS) is 22.6. The van der Waals surface area contributed by atoms with Gasteiger partial charge in [0, 0.05) is 32.3 Å². The number of nitrogens with zero attached hydrogens (tertiary/aromatic N) is 4. The Morgan fingerprint density at radius 1 is 1.00 bits per heavy atom.